The van der Waals surface area contributed by atoms with Crippen LogP contribution < -0.4 is 10.6 Å². The van der Waals surface area contributed by atoms with E-state index < -0.39 is 0 Å². The molecule has 8 heteroatoms. The molecule has 0 aliphatic heterocycles. The van der Waals surface area contributed by atoms with Gasteiger partial charge in [-0.15, -0.1) is 10.2 Å². The number of hydrogen-bond donors (Lipinski definition) is 3. The van der Waals surface area contributed by atoms with Crippen molar-refractivity contribution >= 4 is 16.9 Å². The van der Waals surface area contributed by atoms with Crippen LogP contribution in [0.4, 0.5) is 0 Å². The van der Waals surface area contributed by atoms with Crippen LogP contribution >= 0.6 is 0 Å². The van der Waals surface area contributed by atoms with E-state index in [0.29, 0.717) is 6.54 Å². The molecule has 1 aromatic carbocycles. The molecule has 30 heavy (non-hydrogen) atoms. The number of aliphatic imine (C=N–C) groups is 1. The second kappa shape index (κ2) is 10.8. The van der Waals surface area contributed by atoms with Crippen LogP contribution in [0, 0.1) is 13.8 Å². The van der Waals surface area contributed by atoms with Gasteiger partial charge in [-0.1, -0.05) is 18.2 Å². The lowest BCUT2D eigenvalue weighted by Gasteiger charge is -2.12. The number of aryl methyl sites for hydroxylation is 2. The minimum atomic E-state index is 0.477. The van der Waals surface area contributed by atoms with Crippen molar-refractivity contribution < 1.29 is 4.74 Å². The predicted octanol–water partition coefficient (Wildman–Crippen LogP) is 2.62. The first-order chi connectivity index (χ1) is 14.6. The Morgan fingerprint density at radius 2 is 2.03 bits per heavy atom. The molecule has 0 atom stereocenters. The van der Waals surface area contributed by atoms with E-state index in [4.69, 9.17) is 9.73 Å². The van der Waals surface area contributed by atoms with Crippen molar-refractivity contribution in [2.45, 2.75) is 40.2 Å². The number of ether oxygens (including phenoxy) is 1. The summed E-state index contributed by atoms with van der Waals surface area (Å²) >= 11 is 0. The molecule has 0 aliphatic carbocycles. The highest BCUT2D eigenvalue weighted by Gasteiger charge is 2.07. The number of fused-ring (bicyclic) bond motifs is 1. The maximum Gasteiger partial charge on any atom is 0.191 e. The number of nitrogens with one attached hydrogen (secondary N) is 3. The van der Waals surface area contributed by atoms with E-state index in [1.165, 1.54) is 22.0 Å². The Balaban J connectivity index is 1.59. The SMILES string of the molecule is CCOCCCNC(=NCc1nnc(C)n1C)NCCc1c[nH]c2c(C)cccc12. The fourth-order valence-corrected chi connectivity index (χ4v) is 3.32. The van der Waals surface area contributed by atoms with Gasteiger partial charge >= 0.3 is 0 Å². The molecule has 162 valence electrons. The van der Waals surface area contributed by atoms with Crippen molar-refractivity contribution in [1.29, 1.82) is 0 Å². The zero-order valence-corrected chi connectivity index (χ0v) is 18.5. The number of aromatic amines is 1. The zero-order chi connectivity index (χ0) is 21.3. The van der Waals surface area contributed by atoms with Gasteiger partial charge in [-0.05, 0) is 44.7 Å². The summed E-state index contributed by atoms with van der Waals surface area (Å²) in [7, 11) is 1.96. The third-order valence-electron chi connectivity index (χ3n) is 5.22. The minimum Gasteiger partial charge on any atom is -0.382 e. The maximum atomic E-state index is 5.42. The molecule has 0 aliphatic rings. The van der Waals surface area contributed by atoms with Crippen LogP contribution in [0.3, 0.4) is 0 Å². The van der Waals surface area contributed by atoms with Crippen LogP contribution in [0.25, 0.3) is 10.9 Å². The van der Waals surface area contributed by atoms with E-state index >= 15 is 0 Å². The van der Waals surface area contributed by atoms with E-state index in [9.17, 15) is 0 Å². The number of guanidine groups is 1. The molecule has 3 rings (SSSR count). The molecule has 0 bridgehead atoms. The highest BCUT2D eigenvalue weighted by Crippen LogP contribution is 2.21. The lowest BCUT2D eigenvalue weighted by atomic mass is 10.1. The molecule has 8 nitrogen and oxygen atoms in total. The average Bonchev–Trinajstić information content (AvgIpc) is 3.30. The summed E-state index contributed by atoms with van der Waals surface area (Å²) in [6.07, 6.45) is 3.94. The number of benzene rings is 1. The highest BCUT2D eigenvalue weighted by molar-refractivity contribution is 5.86. The predicted molar refractivity (Wildman–Crippen MR) is 121 cm³/mol. The number of rotatable bonds is 10. The molecular weight excluding hydrogens is 378 g/mol. The van der Waals surface area contributed by atoms with Crippen LogP contribution in [0.5, 0.6) is 0 Å². The number of para-hydroxylation sites is 1. The van der Waals surface area contributed by atoms with Crippen LogP contribution in [0.1, 0.15) is 36.1 Å². The quantitative estimate of drug-likeness (QED) is 0.271. The van der Waals surface area contributed by atoms with Gasteiger partial charge in [0.2, 0.25) is 0 Å². The molecule has 0 radical (unpaired) electrons. The van der Waals surface area contributed by atoms with Gasteiger partial charge in [-0.2, -0.15) is 0 Å². The van der Waals surface area contributed by atoms with Crippen LogP contribution in [0.15, 0.2) is 29.4 Å². The third kappa shape index (κ3) is 5.60. The smallest absolute Gasteiger partial charge is 0.191 e. The molecule has 0 saturated carbocycles. The van der Waals surface area contributed by atoms with E-state index in [0.717, 1.165) is 56.8 Å². The first kappa shape index (κ1) is 21.8. The van der Waals surface area contributed by atoms with E-state index in [1.54, 1.807) is 0 Å². The Labute approximate surface area is 178 Å². The van der Waals surface area contributed by atoms with Gasteiger partial charge in [0.1, 0.15) is 12.4 Å². The monoisotopic (exact) mass is 411 g/mol. The minimum absolute atomic E-state index is 0.477. The first-order valence-corrected chi connectivity index (χ1v) is 10.6. The van der Waals surface area contributed by atoms with E-state index in [1.807, 2.05) is 25.5 Å². The summed E-state index contributed by atoms with van der Waals surface area (Å²) in [5, 5.41) is 16.4. The molecular formula is C22H33N7O. The van der Waals surface area contributed by atoms with Gasteiger partial charge < -0.3 is 24.9 Å². The number of hydrogen-bond acceptors (Lipinski definition) is 4. The molecule has 2 aromatic heterocycles. The molecule has 0 saturated heterocycles. The Kier molecular flexibility index (Phi) is 7.84. The zero-order valence-electron chi connectivity index (χ0n) is 18.5. The summed E-state index contributed by atoms with van der Waals surface area (Å²) in [4.78, 5) is 8.10. The van der Waals surface area contributed by atoms with Crippen molar-refractivity contribution in [3.05, 3.63) is 47.2 Å². The second-order valence-electron chi connectivity index (χ2n) is 7.35. The number of aromatic nitrogens is 4. The highest BCUT2D eigenvalue weighted by atomic mass is 16.5. The van der Waals surface area contributed by atoms with Crippen molar-refractivity contribution in [3.63, 3.8) is 0 Å². The fraction of sp³-hybridized carbons (Fsp3) is 0.500. The Morgan fingerprint density at radius 3 is 2.80 bits per heavy atom. The lowest BCUT2D eigenvalue weighted by molar-refractivity contribution is 0.145. The van der Waals surface area contributed by atoms with E-state index in [-0.39, 0.29) is 0 Å². The number of nitrogens with zero attached hydrogens (tertiary/aromatic N) is 4. The van der Waals surface area contributed by atoms with Gasteiger partial charge in [-0.25, -0.2) is 4.99 Å². The van der Waals surface area contributed by atoms with Crippen molar-refractivity contribution in [1.82, 2.24) is 30.4 Å². The van der Waals surface area contributed by atoms with Gasteiger partial charge in [0.05, 0.1) is 0 Å². The summed E-state index contributed by atoms with van der Waals surface area (Å²) in [5.41, 5.74) is 3.79. The van der Waals surface area contributed by atoms with Gasteiger partial charge in [0.15, 0.2) is 11.8 Å². The number of H-pyrrole nitrogens is 1. The standard InChI is InChI=1S/C22H33N7O/c1-5-30-13-7-11-23-22(26-15-20-28-27-17(3)29(20)4)24-12-10-18-14-25-21-16(2)8-6-9-19(18)21/h6,8-9,14,25H,5,7,10-13,15H2,1-4H3,(H2,23,24,26). The third-order valence-corrected chi connectivity index (χ3v) is 5.22. The van der Waals surface area contributed by atoms with Crippen molar-refractivity contribution in [2.75, 3.05) is 26.3 Å². The molecule has 0 amide bonds. The topological polar surface area (TPSA) is 92.2 Å². The second-order valence-corrected chi connectivity index (χ2v) is 7.35. The molecule has 3 aromatic rings. The Bertz CT molecular complexity index is 973. The van der Waals surface area contributed by atoms with E-state index in [2.05, 4.69) is 57.1 Å². The van der Waals surface area contributed by atoms with Gasteiger partial charge in [0.25, 0.3) is 0 Å². The molecule has 0 fully saturated rings. The maximum absolute atomic E-state index is 5.42. The van der Waals surface area contributed by atoms with Crippen LogP contribution in [-0.4, -0.2) is 52.0 Å². The summed E-state index contributed by atoms with van der Waals surface area (Å²) in [5.74, 6) is 2.51. The largest absolute Gasteiger partial charge is 0.382 e. The van der Waals surface area contributed by atoms with Gasteiger partial charge in [-0.3, -0.25) is 0 Å². The van der Waals surface area contributed by atoms with Crippen molar-refractivity contribution in [3.8, 4) is 0 Å². The molecule has 0 unspecified atom stereocenters. The summed E-state index contributed by atoms with van der Waals surface area (Å²) in [6, 6.07) is 6.41. The first-order valence-electron chi connectivity index (χ1n) is 10.6. The molecule has 0 spiro atoms. The van der Waals surface area contributed by atoms with Crippen molar-refractivity contribution in [2.24, 2.45) is 12.0 Å². The lowest BCUT2D eigenvalue weighted by Crippen LogP contribution is -2.39. The summed E-state index contributed by atoms with van der Waals surface area (Å²) in [6.45, 7) is 9.64. The normalized spacial score (nSPS) is 11.9. The van der Waals surface area contributed by atoms with Crippen LogP contribution in [0.2, 0.25) is 0 Å². The van der Waals surface area contributed by atoms with Crippen LogP contribution in [-0.2, 0) is 24.8 Å². The average molecular weight is 412 g/mol. The van der Waals surface area contributed by atoms with Gasteiger partial charge in [0, 0.05) is 50.5 Å². The fourth-order valence-electron chi connectivity index (χ4n) is 3.32. The molecule has 2 heterocycles. The Morgan fingerprint density at radius 1 is 1.20 bits per heavy atom. The Hall–Kier alpha value is -2.87. The molecule has 3 N–H and O–H groups in total. The summed E-state index contributed by atoms with van der Waals surface area (Å²) < 4.78 is 7.38.